The Balaban J connectivity index is 1.53. The summed E-state index contributed by atoms with van der Waals surface area (Å²) in [6.45, 7) is 1.46. The fourth-order valence-corrected chi connectivity index (χ4v) is 1.90. The summed E-state index contributed by atoms with van der Waals surface area (Å²) in [4.78, 5) is 10.6. The molecular formula is C12H17N5O3. The number of aromatic nitrogens is 4. The van der Waals surface area contributed by atoms with Gasteiger partial charge in [0.1, 0.15) is 6.61 Å². The Morgan fingerprint density at radius 2 is 1.95 bits per heavy atom. The number of hydrogen-bond acceptors (Lipinski definition) is 8. The van der Waals surface area contributed by atoms with Crippen molar-refractivity contribution in [3.63, 3.8) is 0 Å². The molecule has 0 bridgehead atoms. The lowest BCUT2D eigenvalue weighted by Crippen LogP contribution is -2.18. The molecule has 0 atom stereocenters. The van der Waals surface area contributed by atoms with E-state index in [4.69, 9.17) is 13.8 Å². The Morgan fingerprint density at radius 1 is 1.15 bits per heavy atom. The molecule has 0 aromatic carbocycles. The highest BCUT2D eigenvalue weighted by Gasteiger charge is 2.29. The summed E-state index contributed by atoms with van der Waals surface area (Å²) in [6, 6.07) is 0. The fraction of sp³-hybridized carbons (Fsp3) is 0.667. The zero-order valence-electron chi connectivity index (χ0n) is 11.6. The van der Waals surface area contributed by atoms with Gasteiger partial charge in [0.2, 0.25) is 11.8 Å². The van der Waals surface area contributed by atoms with Crippen LogP contribution in [-0.4, -0.2) is 39.3 Å². The van der Waals surface area contributed by atoms with Gasteiger partial charge < -0.3 is 13.8 Å². The van der Waals surface area contributed by atoms with Crippen LogP contribution in [0.1, 0.15) is 42.2 Å². The largest absolute Gasteiger partial charge is 0.377 e. The van der Waals surface area contributed by atoms with Crippen molar-refractivity contribution in [2.24, 2.45) is 0 Å². The summed E-state index contributed by atoms with van der Waals surface area (Å²) in [6.07, 6.45) is 2.31. The average Bonchev–Trinajstić information content (AvgIpc) is 3.02. The minimum absolute atomic E-state index is 0.350. The van der Waals surface area contributed by atoms with Crippen molar-refractivity contribution in [3.05, 3.63) is 23.4 Å². The first-order valence-electron chi connectivity index (χ1n) is 6.56. The van der Waals surface area contributed by atoms with E-state index in [1.807, 2.05) is 11.9 Å². The van der Waals surface area contributed by atoms with Crippen molar-refractivity contribution < 1.29 is 13.8 Å². The quantitative estimate of drug-likeness (QED) is 0.744. The molecule has 1 aliphatic carbocycles. The second-order valence-corrected chi connectivity index (χ2v) is 5.03. The molecule has 2 heterocycles. The second-order valence-electron chi connectivity index (χ2n) is 5.03. The van der Waals surface area contributed by atoms with Crippen molar-refractivity contribution >= 4 is 0 Å². The summed E-state index contributed by atoms with van der Waals surface area (Å²) in [5, 5.41) is 7.79. The maximum Gasteiger partial charge on any atom is 0.240 e. The molecule has 0 N–H and O–H groups in total. The van der Waals surface area contributed by atoms with E-state index in [1.54, 1.807) is 7.11 Å². The lowest BCUT2D eigenvalue weighted by molar-refractivity contribution is 0.174. The summed E-state index contributed by atoms with van der Waals surface area (Å²) in [5.41, 5.74) is 0. The van der Waals surface area contributed by atoms with Crippen LogP contribution in [0.3, 0.4) is 0 Å². The smallest absolute Gasteiger partial charge is 0.240 e. The molecule has 0 spiro atoms. The first-order valence-corrected chi connectivity index (χ1v) is 6.56. The van der Waals surface area contributed by atoms with Crippen LogP contribution in [0, 0.1) is 0 Å². The minimum Gasteiger partial charge on any atom is -0.377 e. The van der Waals surface area contributed by atoms with Gasteiger partial charge in [-0.25, -0.2) is 0 Å². The topological polar surface area (TPSA) is 90.3 Å². The van der Waals surface area contributed by atoms with Gasteiger partial charge in [0.15, 0.2) is 11.6 Å². The van der Waals surface area contributed by atoms with Crippen LogP contribution in [0.4, 0.5) is 0 Å². The third-order valence-corrected chi connectivity index (χ3v) is 3.01. The highest BCUT2D eigenvalue weighted by atomic mass is 16.5. The predicted octanol–water partition coefficient (Wildman–Crippen LogP) is 1.11. The molecule has 108 valence electrons. The molecule has 20 heavy (non-hydrogen) atoms. The molecular weight excluding hydrogens is 262 g/mol. The molecule has 0 saturated heterocycles. The first kappa shape index (κ1) is 13.2. The lowest BCUT2D eigenvalue weighted by atomic mass is 10.4. The summed E-state index contributed by atoms with van der Waals surface area (Å²) < 4.78 is 15.3. The monoisotopic (exact) mass is 279 g/mol. The van der Waals surface area contributed by atoms with Gasteiger partial charge >= 0.3 is 0 Å². The number of methoxy groups -OCH3 is 1. The zero-order valence-corrected chi connectivity index (χ0v) is 11.6. The van der Waals surface area contributed by atoms with E-state index < -0.39 is 0 Å². The number of hydrogen-bond donors (Lipinski definition) is 0. The Morgan fingerprint density at radius 3 is 2.70 bits per heavy atom. The second kappa shape index (κ2) is 5.68. The molecule has 3 rings (SSSR count). The van der Waals surface area contributed by atoms with Gasteiger partial charge in [0, 0.05) is 13.0 Å². The molecule has 0 radical (unpaired) electrons. The van der Waals surface area contributed by atoms with Crippen LogP contribution in [0.5, 0.6) is 0 Å². The van der Waals surface area contributed by atoms with Crippen LogP contribution < -0.4 is 0 Å². The van der Waals surface area contributed by atoms with Gasteiger partial charge in [-0.05, 0) is 19.9 Å². The number of rotatable bonds is 7. The van der Waals surface area contributed by atoms with Gasteiger partial charge in [0.05, 0.1) is 13.1 Å². The predicted molar refractivity (Wildman–Crippen MR) is 66.5 cm³/mol. The third-order valence-electron chi connectivity index (χ3n) is 3.01. The number of nitrogens with zero attached hydrogens (tertiary/aromatic N) is 5. The number of ether oxygens (including phenoxy) is 1. The van der Waals surface area contributed by atoms with Crippen molar-refractivity contribution in [3.8, 4) is 0 Å². The third kappa shape index (κ3) is 3.20. The summed E-state index contributed by atoms with van der Waals surface area (Å²) in [7, 11) is 3.53. The molecule has 1 saturated carbocycles. The van der Waals surface area contributed by atoms with Gasteiger partial charge in [0.25, 0.3) is 0 Å². The average molecular weight is 279 g/mol. The van der Waals surface area contributed by atoms with E-state index in [2.05, 4.69) is 20.3 Å². The molecule has 2 aromatic rings. The van der Waals surface area contributed by atoms with Crippen molar-refractivity contribution in [1.82, 2.24) is 25.2 Å². The SMILES string of the molecule is COCc1noc(CN(C)Cc2noc(C3CC3)n2)n1. The van der Waals surface area contributed by atoms with Crippen LogP contribution in [0.25, 0.3) is 0 Å². The van der Waals surface area contributed by atoms with Gasteiger partial charge in [-0.15, -0.1) is 0 Å². The van der Waals surface area contributed by atoms with E-state index in [-0.39, 0.29) is 0 Å². The van der Waals surface area contributed by atoms with Crippen molar-refractivity contribution in [2.45, 2.75) is 38.5 Å². The standard InChI is InChI=1S/C12H17N5O3/c1-17(6-11-13-10(7-18-2)16-19-11)5-9-14-12(20-15-9)8-3-4-8/h8H,3-7H2,1-2H3. The fourth-order valence-electron chi connectivity index (χ4n) is 1.90. The molecule has 1 fully saturated rings. The maximum atomic E-state index is 5.22. The van der Waals surface area contributed by atoms with Crippen LogP contribution >= 0.6 is 0 Å². The molecule has 2 aromatic heterocycles. The normalized spacial score (nSPS) is 15.2. The van der Waals surface area contributed by atoms with E-state index in [1.165, 1.54) is 0 Å². The zero-order chi connectivity index (χ0) is 13.9. The van der Waals surface area contributed by atoms with Gasteiger partial charge in [-0.1, -0.05) is 10.3 Å². The Bertz CT molecular complexity index is 563. The van der Waals surface area contributed by atoms with E-state index in [9.17, 15) is 0 Å². The Hall–Kier alpha value is -1.80. The Kier molecular flexibility index (Phi) is 3.75. The Labute approximate surface area is 116 Å². The molecule has 0 amide bonds. The van der Waals surface area contributed by atoms with E-state index >= 15 is 0 Å². The van der Waals surface area contributed by atoms with Crippen LogP contribution in [0.15, 0.2) is 9.05 Å². The van der Waals surface area contributed by atoms with Crippen molar-refractivity contribution in [2.75, 3.05) is 14.2 Å². The summed E-state index contributed by atoms with van der Waals surface area (Å²) >= 11 is 0. The maximum absolute atomic E-state index is 5.22. The highest BCUT2D eigenvalue weighted by Crippen LogP contribution is 2.38. The minimum atomic E-state index is 0.350. The molecule has 8 nitrogen and oxygen atoms in total. The molecule has 1 aliphatic rings. The van der Waals surface area contributed by atoms with Crippen molar-refractivity contribution in [1.29, 1.82) is 0 Å². The van der Waals surface area contributed by atoms with E-state index in [0.29, 0.717) is 43.2 Å². The molecule has 8 heteroatoms. The lowest BCUT2D eigenvalue weighted by Gasteiger charge is -2.10. The summed E-state index contributed by atoms with van der Waals surface area (Å²) in [5.74, 6) is 3.02. The van der Waals surface area contributed by atoms with Crippen LogP contribution in [0.2, 0.25) is 0 Å². The van der Waals surface area contributed by atoms with Gasteiger partial charge in [-0.3, -0.25) is 4.90 Å². The van der Waals surface area contributed by atoms with Crippen LogP contribution in [-0.2, 0) is 24.4 Å². The first-order chi connectivity index (χ1) is 9.74. The molecule has 0 unspecified atom stereocenters. The van der Waals surface area contributed by atoms with Gasteiger partial charge in [-0.2, -0.15) is 9.97 Å². The van der Waals surface area contributed by atoms with E-state index in [0.717, 1.165) is 18.7 Å². The highest BCUT2D eigenvalue weighted by molar-refractivity contribution is 5.01. The molecule has 0 aliphatic heterocycles.